The van der Waals surface area contributed by atoms with Gasteiger partial charge >= 0.3 is 11.9 Å². The van der Waals surface area contributed by atoms with E-state index in [-0.39, 0.29) is 29.2 Å². The summed E-state index contributed by atoms with van der Waals surface area (Å²) >= 11 is 12.2. The monoisotopic (exact) mass is 1140 g/mol. The zero-order valence-corrected chi connectivity index (χ0v) is 45.7. The topological polar surface area (TPSA) is 351 Å². The van der Waals surface area contributed by atoms with Crippen molar-refractivity contribution in [3.8, 4) is 5.75 Å². The molecule has 10 N–H and O–H groups in total. The lowest BCUT2D eigenvalue weighted by Crippen LogP contribution is -2.62. The van der Waals surface area contributed by atoms with E-state index < -0.39 is 156 Å². The first kappa shape index (κ1) is 62.1. The van der Waals surface area contributed by atoms with Gasteiger partial charge in [-0.25, -0.2) is 4.79 Å². The van der Waals surface area contributed by atoms with Crippen LogP contribution in [0.15, 0.2) is 79.0 Å². The van der Waals surface area contributed by atoms with Crippen molar-refractivity contribution in [3.63, 3.8) is 0 Å². The summed E-state index contributed by atoms with van der Waals surface area (Å²) in [5, 5.41) is 49.5. The standard InChI is InChI=1S/C52H65Cl2N9O16/c1-8-26(2)39-46(69)61-42-32-14-16-33(17-15-32)79-30(6)52(75,25-53)20-18-37(65)55-23-38(66)77-24-35(57-47(70)40(28(4)64)59-45(68)36(62(7)50(42)73)22-31-12-10-9-11-13-31)51(74)78-29(5)41(48(71)58-39)60-44(67)27(3)56-49(72)43-34(54)19-21-63(43)76/h9-21,26-30,35-36,39-42,64,75-76H,8,22-25H2,1-7H3,(H,55,65)(H,56,72)(H,57,70)(H,58,71)(H,59,68)(H,60,67)(H,61,69)/b20-18-. The Balaban J connectivity index is 1.71. The Morgan fingerprint density at radius 1 is 0.861 bits per heavy atom. The predicted octanol–water partition coefficient (Wildman–Crippen LogP) is -0.298. The number of amides is 8. The maximum absolute atomic E-state index is 15.2. The van der Waals surface area contributed by atoms with Crippen molar-refractivity contribution >= 4 is 82.4 Å². The molecule has 79 heavy (non-hydrogen) atoms. The van der Waals surface area contributed by atoms with Gasteiger partial charge in [0.25, 0.3) is 5.91 Å². The normalized spacial score (nSPS) is 26.8. The fourth-order valence-electron chi connectivity index (χ4n) is 8.10. The molecule has 27 heteroatoms. The molecule has 0 spiro atoms. The van der Waals surface area contributed by atoms with Gasteiger partial charge in [-0.15, -0.1) is 11.6 Å². The molecular weight excluding hydrogens is 1080 g/mol. The number of benzene rings is 2. The molecule has 1 fully saturated rings. The van der Waals surface area contributed by atoms with Crippen molar-refractivity contribution in [3.05, 3.63) is 101 Å². The number of aliphatic hydroxyl groups excluding tert-OH is 1. The third-order valence-corrected chi connectivity index (χ3v) is 14.0. The molecule has 1 aromatic heterocycles. The van der Waals surface area contributed by atoms with Crippen LogP contribution in [0.25, 0.3) is 0 Å². The Bertz CT molecular complexity index is 2740. The number of ether oxygens (including phenoxy) is 3. The van der Waals surface area contributed by atoms with Gasteiger partial charge in [0.2, 0.25) is 41.4 Å². The first-order chi connectivity index (χ1) is 37.3. The smallest absolute Gasteiger partial charge is 0.332 e. The van der Waals surface area contributed by atoms with E-state index in [1.54, 1.807) is 44.2 Å². The fraction of sp³-hybridized carbons (Fsp3) is 0.462. The van der Waals surface area contributed by atoms with Gasteiger partial charge in [-0.3, -0.25) is 43.2 Å². The van der Waals surface area contributed by atoms with Gasteiger partial charge in [0.1, 0.15) is 73.0 Å². The average molecular weight is 1140 g/mol. The third-order valence-electron chi connectivity index (χ3n) is 13.3. The number of cyclic esters (lactones) is 1. The number of hydrogen-bond donors (Lipinski definition) is 10. The van der Waals surface area contributed by atoms with E-state index in [1.807, 2.05) is 0 Å². The van der Waals surface area contributed by atoms with Crippen molar-refractivity contribution in [1.82, 2.24) is 46.8 Å². The summed E-state index contributed by atoms with van der Waals surface area (Å²) < 4.78 is 17.4. The summed E-state index contributed by atoms with van der Waals surface area (Å²) in [5.41, 5.74) is -1.81. The summed E-state index contributed by atoms with van der Waals surface area (Å²) in [6, 6.07) is 3.07. The Labute approximate surface area is 464 Å². The summed E-state index contributed by atoms with van der Waals surface area (Å²) in [7, 11) is 1.27. The summed E-state index contributed by atoms with van der Waals surface area (Å²) in [6.07, 6.45) is -1.65. The molecule has 12 atom stereocenters. The molecule has 4 heterocycles. The second kappa shape index (κ2) is 27.7. The van der Waals surface area contributed by atoms with Crippen LogP contribution >= 0.6 is 23.2 Å². The van der Waals surface area contributed by atoms with Gasteiger partial charge in [-0.2, -0.15) is 4.73 Å². The highest BCUT2D eigenvalue weighted by Gasteiger charge is 2.42. The summed E-state index contributed by atoms with van der Waals surface area (Å²) in [5.74, 6) is -12.0. The Hall–Kier alpha value is -7.74. The minimum atomic E-state index is -2.04. The minimum absolute atomic E-state index is 0.0967. The molecule has 1 saturated heterocycles. The SMILES string of the molecule is CCC(C)C1NC(=O)C(NC(=O)C(C)NC(=O)c2c(Cl)ccn2O)C(C)OC(=O)C2COC(=O)CNC(=O)/C=C\C(O)(CCl)C(C)Oc3ccc(cc3)C(NC1=O)C(=O)N(C)C(Cc1ccccc1)C(=O)NC(C(C)O)C(=O)N2. The van der Waals surface area contributed by atoms with E-state index in [9.17, 15) is 58.6 Å². The van der Waals surface area contributed by atoms with Crippen LogP contribution in [-0.4, -0.2) is 170 Å². The van der Waals surface area contributed by atoms with E-state index in [0.717, 1.165) is 37.1 Å². The van der Waals surface area contributed by atoms with E-state index >= 15 is 4.79 Å². The van der Waals surface area contributed by atoms with Gasteiger partial charge in [-0.1, -0.05) is 74.3 Å². The molecule has 428 valence electrons. The molecule has 3 aliphatic rings. The number of carbonyl (C=O) groups excluding carboxylic acids is 10. The zero-order chi connectivity index (χ0) is 58.5. The van der Waals surface area contributed by atoms with Crippen LogP contribution in [0.3, 0.4) is 0 Å². The molecule has 3 aliphatic heterocycles. The molecular formula is C52H65Cl2N9O16. The second-order valence-corrected chi connectivity index (χ2v) is 19.8. The molecule has 2 aromatic carbocycles. The van der Waals surface area contributed by atoms with Crippen LogP contribution in [0.5, 0.6) is 5.75 Å². The number of halogens is 2. The van der Waals surface area contributed by atoms with Crippen LogP contribution in [0.2, 0.25) is 5.02 Å². The van der Waals surface area contributed by atoms with Crippen LogP contribution in [0.4, 0.5) is 0 Å². The fourth-order valence-corrected chi connectivity index (χ4v) is 8.63. The predicted molar refractivity (Wildman–Crippen MR) is 281 cm³/mol. The summed E-state index contributed by atoms with van der Waals surface area (Å²) in [4.78, 5) is 142. The number of alkyl halides is 1. The highest BCUT2D eigenvalue weighted by atomic mass is 35.5. The van der Waals surface area contributed by atoms with E-state index in [2.05, 4.69) is 37.2 Å². The van der Waals surface area contributed by atoms with Gasteiger partial charge in [-0.05, 0) is 69.0 Å². The molecule has 0 radical (unpaired) electrons. The van der Waals surface area contributed by atoms with Crippen LogP contribution < -0.4 is 42.0 Å². The Morgan fingerprint density at radius 3 is 2.11 bits per heavy atom. The quantitative estimate of drug-likeness (QED) is 0.0708. The first-order valence-electron chi connectivity index (χ1n) is 25.0. The second-order valence-electron chi connectivity index (χ2n) is 19.1. The van der Waals surface area contributed by atoms with Crippen LogP contribution in [0.1, 0.15) is 75.6 Å². The summed E-state index contributed by atoms with van der Waals surface area (Å²) in [6.45, 7) is 6.33. The zero-order valence-electron chi connectivity index (χ0n) is 44.2. The lowest BCUT2D eigenvalue weighted by atomic mass is 9.96. The van der Waals surface area contributed by atoms with E-state index in [4.69, 9.17) is 37.4 Å². The molecule has 0 saturated carbocycles. The van der Waals surface area contributed by atoms with Crippen molar-refractivity contribution in [1.29, 1.82) is 0 Å². The average Bonchev–Trinajstić information content (AvgIpc) is 3.77. The number of carbonyl (C=O) groups is 10. The Morgan fingerprint density at radius 2 is 1.51 bits per heavy atom. The van der Waals surface area contributed by atoms with E-state index in [0.29, 0.717) is 10.3 Å². The molecule has 6 rings (SSSR count). The number of rotatable bonds is 10. The lowest BCUT2D eigenvalue weighted by molar-refractivity contribution is -0.160. The maximum atomic E-state index is 15.2. The first-order valence-corrected chi connectivity index (χ1v) is 26.0. The molecule has 4 bridgehead atoms. The molecule has 12 unspecified atom stereocenters. The van der Waals surface area contributed by atoms with Gasteiger partial charge in [0, 0.05) is 25.7 Å². The van der Waals surface area contributed by atoms with Crippen LogP contribution in [-0.2, 0) is 59.0 Å². The van der Waals surface area contributed by atoms with Crippen molar-refractivity contribution < 1.29 is 77.6 Å². The number of hydrogen-bond acceptors (Lipinski definition) is 16. The van der Waals surface area contributed by atoms with Crippen molar-refractivity contribution in [2.24, 2.45) is 5.92 Å². The number of likely N-dealkylation sites (N-methyl/N-ethyl adjacent to an activating group) is 1. The van der Waals surface area contributed by atoms with Gasteiger partial charge < -0.3 is 71.7 Å². The van der Waals surface area contributed by atoms with E-state index in [1.165, 1.54) is 51.2 Å². The third kappa shape index (κ3) is 16.2. The Kier molecular flexibility index (Phi) is 21.8. The highest BCUT2D eigenvalue weighted by molar-refractivity contribution is 6.33. The number of aliphatic hydroxyl groups is 2. The number of esters is 2. The molecule has 3 aromatic rings. The molecule has 8 amide bonds. The van der Waals surface area contributed by atoms with Gasteiger partial charge in [0.15, 0.2) is 11.7 Å². The van der Waals surface area contributed by atoms with Crippen molar-refractivity contribution in [2.75, 3.05) is 26.1 Å². The van der Waals surface area contributed by atoms with Crippen molar-refractivity contribution in [2.45, 2.75) is 121 Å². The maximum Gasteiger partial charge on any atom is 0.332 e. The number of fused-ring (bicyclic) bond motifs is 11. The van der Waals surface area contributed by atoms with Crippen LogP contribution in [0, 0.1) is 5.92 Å². The number of nitrogens with zero attached hydrogens (tertiary/aromatic N) is 2. The highest BCUT2D eigenvalue weighted by Crippen LogP contribution is 2.27. The number of aromatic nitrogens is 1. The largest absolute Gasteiger partial charge is 0.487 e. The molecule has 0 aliphatic carbocycles. The van der Waals surface area contributed by atoms with Gasteiger partial charge in [0.05, 0.1) is 17.0 Å². The molecule has 25 nitrogen and oxygen atoms in total. The lowest BCUT2D eigenvalue weighted by Gasteiger charge is -2.34. The number of nitrogens with one attached hydrogen (secondary N) is 7. The minimum Gasteiger partial charge on any atom is -0.487 e.